The predicted molar refractivity (Wildman–Crippen MR) is 99.2 cm³/mol. The highest BCUT2D eigenvalue weighted by Crippen LogP contribution is 2.24. The second-order valence-corrected chi connectivity index (χ2v) is 5.71. The summed E-state index contributed by atoms with van der Waals surface area (Å²) >= 11 is 0. The Bertz CT molecular complexity index is 690. The van der Waals surface area contributed by atoms with Gasteiger partial charge in [0.05, 0.1) is 6.54 Å². The largest absolute Gasteiger partial charge is 0.504 e. The molecule has 0 spiro atoms. The third-order valence-corrected chi connectivity index (χ3v) is 3.27. The van der Waals surface area contributed by atoms with E-state index in [2.05, 4.69) is 10.6 Å². The lowest BCUT2D eigenvalue weighted by Gasteiger charge is -2.17. The number of carboxylic acid groups (broad SMARTS) is 1. The van der Waals surface area contributed by atoms with Crippen LogP contribution in [0.25, 0.3) is 0 Å². The van der Waals surface area contributed by atoms with Crippen LogP contribution in [0.15, 0.2) is 18.2 Å². The number of nitrogens with one attached hydrogen (secondary N) is 2. The fourth-order valence-corrected chi connectivity index (χ4v) is 1.99. The average molecular weight is 398 g/mol. The van der Waals surface area contributed by atoms with Crippen molar-refractivity contribution in [3.8, 4) is 11.5 Å². The molecule has 0 aliphatic heterocycles. The summed E-state index contributed by atoms with van der Waals surface area (Å²) < 4.78 is 0. The third-order valence-electron chi connectivity index (χ3n) is 3.27. The van der Waals surface area contributed by atoms with E-state index in [0.717, 1.165) is 6.92 Å². The highest BCUT2D eigenvalue weighted by atomic mass is 16.4. The highest BCUT2D eigenvalue weighted by molar-refractivity contribution is 5.88. The second-order valence-electron chi connectivity index (χ2n) is 5.71. The van der Waals surface area contributed by atoms with Crippen LogP contribution in [0.2, 0.25) is 0 Å². The highest BCUT2D eigenvalue weighted by Gasteiger charge is 2.20. The molecule has 1 aromatic rings. The van der Waals surface area contributed by atoms with E-state index in [0.29, 0.717) is 12.0 Å². The zero-order valence-corrected chi connectivity index (χ0v) is 15.5. The number of benzene rings is 1. The summed E-state index contributed by atoms with van der Waals surface area (Å²) in [5, 5.41) is 31.1. The molecule has 9 N–H and O–H groups in total. The number of carbonyl (C=O) groups excluding carboxylic acids is 3. The first-order valence-electron chi connectivity index (χ1n) is 8.32. The minimum atomic E-state index is -0.901. The van der Waals surface area contributed by atoms with Crippen molar-refractivity contribution >= 4 is 23.7 Å². The SMILES string of the molecule is CC(=O)O.NCC(=O)N[C@@H](CCC(N)=O)C(=O)NCCc1ccc(O)c(O)c1. The van der Waals surface area contributed by atoms with Crippen molar-refractivity contribution < 1.29 is 34.5 Å². The molecular weight excluding hydrogens is 372 g/mol. The van der Waals surface area contributed by atoms with Crippen LogP contribution in [-0.2, 0) is 25.6 Å². The first-order valence-corrected chi connectivity index (χ1v) is 8.32. The Morgan fingerprint density at radius 3 is 2.25 bits per heavy atom. The maximum atomic E-state index is 12.1. The Morgan fingerprint density at radius 1 is 1.14 bits per heavy atom. The van der Waals surface area contributed by atoms with E-state index < -0.39 is 29.7 Å². The first kappa shape index (κ1) is 24.7. The van der Waals surface area contributed by atoms with Crippen LogP contribution in [0.1, 0.15) is 25.3 Å². The van der Waals surface area contributed by atoms with Crippen molar-refractivity contribution in [3.63, 3.8) is 0 Å². The van der Waals surface area contributed by atoms with E-state index in [-0.39, 0.29) is 37.4 Å². The minimum Gasteiger partial charge on any atom is -0.504 e. The standard InChI is InChI=1S/C15H22N4O5.C2H4O2/c16-8-14(23)19-10(2-4-13(17)22)15(24)18-6-5-9-1-3-11(20)12(21)7-9;1-2(3)4/h1,3,7,10,20-21H,2,4-6,8,16H2,(H2,17,22)(H,18,24)(H,19,23);1H3,(H,3,4)/t10-;/m0./s1. The molecule has 0 unspecified atom stereocenters. The number of nitrogens with two attached hydrogens (primary N) is 2. The summed E-state index contributed by atoms with van der Waals surface area (Å²) in [7, 11) is 0. The quantitative estimate of drug-likeness (QED) is 0.245. The van der Waals surface area contributed by atoms with Crippen molar-refractivity contribution in [1.82, 2.24) is 10.6 Å². The van der Waals surface area contributed by atoms with Crippen molar-refractivity contribution in [2.45, 2.75) is 32.2 Å². The van der Waals surface area contributed by atoms with E-state index in [4.69, 9.17) is 21.4 Å². The van der Waals surface area contributed by atoms with Gasteiger partial charge < -0.3 is 37.4 Å². The van der Waals surface area contributed by atoms with Gasteiger partial charge in [-0.05, 0) is 30.5 Å². The van der Waals surface area contributed by atoms with Gasteiger partial charge in [0.15, 0.2) is 11.5 Å². The van der Waals surface area contributed by atoms with Gasteiger partial charge in [-0.25, -0.2) is 0 Å². The predicted octanol–water partition coefficient (Wildman–Crippen LogP) is -1.44. The number of hydrogen-bond acceptors (Lipinski definition) is 7. The number of hydrogen-bond donors (Lipinski definition) is 7. The van der Waals surface area contributed by atoms with Gasteiger partial charge in [-0.1, -0.05) is 6.07 Å². The number of carboxylic acids is 1. The van der Waals surface area contributed by atoms with Crippen molar-refractivity contribution in [2.75, 3.05) is 13.1 Å². The van der Waals surface area contributed by atoms with Gasteiger partial charge in [0.1, 0.15) is 6.04 Å². The zero-order chi connectivity index (χ0) is 21.7. The number of aliphatic carboxylic acids is 1. The molecule has 1 rings (SSSR count). The van der Waals surface area contributed by atoms with Crippen LogP contribution in [0.5, 0.6) is 11.5 Å². The van der Waals surface area contributed by atoms with E-state index >= 15 is 0 Å². The van der Waals surface area contributed by atoms with Crippen LogP contribution in [0.3, 0.4) is 0 Å². The molecule has 156 valence electrons. The van der Waals surface area contributed by atoms with Crippen LogP contribution in [-0.4, -0.2) is 58.1 Å². The second kappa shape index (κ2) is 12.9. The van der Waals surface area contributed by atoms with Gasteiger partial charge in [0.25, 0.3) is 5.97 Å². The number of phenols is 2. The van der Waals surface area contributed by atoms with Crippen molar-refractivity contribution in [2.24, 2.45) is 11.5 Å². The van der Waals surface area contributed by atoms with Crippen LogP contribution >= 0.6 is 0 Å². The lowest BCUT2D eigenvalue weighted by molar-refractivity contribution is -0.134. The number of carbonyl (C=O) groups is 4. The average Bonchev–Trinajstić information content (AvgIpc) is 2.60. The van der Waals surface area contributed by atoms with Gasteiger partial charge in [0, 0.05) is 19.9 Å². The third kappa shape index (κ3) is 11.3. The molecule has 0 saturated heterocycles. The van der Waals surface area contributed by atoms with Gasteiger partial charge in [0.2, 0.25) is 17.7 Å². The Balaban J connectivity index is 0.00000165. The van der Waals surface area contributed by atoms with Crippen LogP contribution < -0.4 is 22.1 Å². The molecule has 0 saturated carbocycles. The molecule has 1 atom stereocenters. The van der Waals surface area contributed by atoms with Crippen LogP contribution in [0, 0.1) is 0 Å². The molecule has 0 bridgehead atoms. The molecule has 3 amide bonds. The maximum absolute atomic E-state index is 12.1. The minimum absolute atomic E-state index is 0.0469. The molecule has 0 heterocycles. The molecule has 0 radical (unpaired) electrons. The Hall–Kier alpha value is -3.34. The molecule has 1 aromatic carbocycles. The number of rotatable bonds is 9. The summed E-state index contributed by atoms with van der Waals surface area (Å²) in [4.78, 5) is 43.3. The maximum Gasteiger partial charge on any atom is 0.300 e. The molecule has 11 nitrogen and oxygen atoms in total. The molecule has 0 aliphatic rings. The Kier molecular flexibility index (Phi) is 11.4. The number of aromatic hydroxyl groups is 2. The van der Waals surface area contributed by atoms with Gasteiger partial charge in [-0.3, -0.25) is 19.2 Å². The summed E-state index contributed by atoms with van der Waals surface area (Å²) in [5.41, 5.74) is 11.0. The number of amides is 3. The number of phenolic OH excluding ortho intramolecular Hbond substituents is 2. The smallest absolute Gasteiger partial charge is 0.300 e. The van der Waals surface area contributed by atoms with Crippen LogP contribution in [0.4, 0.5) is 0 Å². The monoisotopic (exact) mass is 398 g/mol. The first-order chi connectivity index (χ1) is 13.1. The van der Waals surface area contributed by atoms with E-state index in [1.807, 2.05) is 0 Å². The van der Waals surface area contributed by atoms with E-state index in [1.165, 1.54) is 12.1 Å². The summed E-state index contributed by atoms with van der Waals surface area (Å²) in [6.07, 6.45) is 0.439. The number of primary amides is 1. The lowest BCUT2D eigenvalue weighted by atomic mass is 10.1. The molecule has 28 heavy (non-hydrogen) atoms. The van der Waals surface area contributed by atoms with E-state index in [9.17, 15) is 24.6 Å². The molecule has 0 aliphatic carbocycles. The van der Waals surface area contributed by atoms with Gasteiger partial charge in [-0.15, -0.1) is 0 Å². The summed E-state index contributed by atoms with van der Waals surface area (Å²) in [5.74, 6) is -2.84. The van der Waals surface area contributed by atoms with Gasteiger partial charge >= 0.3 is 0 Å². The van der Waals surface area contributed by atoms with E-state index in [1.54, 1.807) is 6.07 Å². The Labute approximate surface area is 161 Å². The normalized spacial score (nSPS) is 10.8. The molecule has 0 fully saturated rings. The topological polar surface area (TPSA) is 205 Å². The molecule has 11 heteroatoms. The molecule has 0 aromatic heterocycles. The van der Waals surface area contributed by atoms with Crippen molar-refractivity contribution in [1.29, 1.82) is 0 Å². The fourth-order valence-electron chi connectivity index (χ4n) is 1.99. The lowest BCUT2D eigenvalue weighted by Crippen LogP contribution is -2.49. The molecular formula is C17H26N4O7. The fraction of sp³-hybridized carbons (Fsp3) is 0.412. The van der Waals surface area contributed by atoms with Crippen molar-refractivity contribution in [3.05, 3.63) is 23.8 Å². The summed E-state index contributed by atoms with van der Waals surface area (Å²) in [6.45, 7) is 1.06. The van der Waals surface area contributed by atoms with Gasteiger partial charge in [-0.2, -0.15) is 0 Å². The summed E-state index contributed by atoms with van der Waals surface area (Å²) in [6, 6.07) is 3.45. The zero-order valence-electron chi connectivity index (χ0n) is 15.5. The Morgan fingerprint density at radius 2 is 1.75 bits per heavy atom.